The van der Waals surface area contributed by atoms with Crippen LogP contribution in [0.2, 0.25) is 0 Å². The van der Waals surface area contributed by atoms with Gasteiger partial charge in [0.2, 0.25) is 0 Å². The van der Waals surface area contributed by atoms with Crippen molar-refractivity contribution < 1.29 is 9.53 Å². The van der Waals surface area contributed by atoms with Gasteiger partial charge in [-0.1, -0.05) is 67.6 Å². The SMILES string of the molecule is CCC(C)NCCOC(=O)C(c1ccccc1)c1ccccc1.Cl. The van der Waals surface area contributed by atoms with Crippen molar-refractivity contribution in [1.82, 2.24) is 5.32 Å². The first-order chi connectivity index (χ1) is 11.2. The summed E-state index contributed by atoms with van der Waals surface area (Å²) in [5.74, 6) is -0.575. The molecule has 0 radical (unpaired) electrons. The van der Waals surface area contributed by atoms with Crippen LogP contribution in [0.25, 0.3) is 0 Å². The van der Waals surface area contributed by atoms with Gasteiger partial charge in [0.05, 0.1) is 0 Å². The van der Waals surface area contributed by atoms with Gasteiger partial charge in [-0.05, 0) is 24.5 Å². The maximum absolute atomic E-state index is 12.6. The number of benzene rings is 2. The van der Waals surface area contributed by atoms with Gasteiger partial charge in [-0.15, -0.1) is 12.4 Å². The molecule has 2 aromatic carbocycles. The number of carbonyl (C=O) groups is 1. The number of esters is 1. The Morgan fingerprint density at radius 1 is 1.00 bits per heavy atom. The van der Waals surface area contributed by atoms with Crippen LogP contribution < -0.4 is 5.32 Å². The Bertz CT molecular complexity index is 550. The summed E-state index contributed by atoms with van der Waals surface area (Å²) in [7, 11) is 0. The van der Waals surface area contributed by atoms with Crippen molar-refractivity contribution >= 4 is 18.4 Å². The van der Waals surface area contributed by atoms with E-state index in [1.165, 1.54) is 0 Å². The summed E-state index contributed by atoms with van der Waals surface area (Å²) in [5, 5.41) is 3.33. The molecule has 130 valence electrons. The fourth-order valence-corrected chi connectivity index (χ4v) is 2.44. The maximum atomic E-state index is 12.6. The molecule has 0 aromatic heterocycles. The first-order valence-electron chi connectivity index (χ1n) is 8.22. The molecule has 24 heavy (non-hydrogen) atoms. The van der Waals surface area contributed by atoms with Crippen LogP contribution in [-0.4, -0.2) is 25.2 Å². The van der Waals surface area contributed by atoms with Gasteiger partial charge < -0.3 is 10.1 Å². The highest BCUT2D eigenvalue weighted by atomic mass is 35.5. The smallest absolute Gasteiger partial charge is 0.317 e. The van der Waals surface area contributed by atoms with E-state index in [1.54, 1.807) is 0 Å². The number of ether oxygens (including phenoxy) is 1. The summed E-state index contributed by atoms with van der Waals surface area (Å²) in [6.45, 7) is 5.32. The van der Waals surface area contributed by atoms with Crippen LogP contribution in [-0.2, 0) is 9.53 Å². The van der Waals surface area contributed by atoms with Gasteiger partial charge >= 0.3 is 5.97 Å². The van der Waals surface area contributed by atoms with Crippen LogP contribution >= 0.6 is 12.4 Å². The molecule has 0 bridgehead atoms. The standard InChI is InChI=1S/C20H25NO2.ClH/c1-3-16(2)21-14-15-23-20(22)19(17-10-6-4-7-11-17)18-12-8-5-9-13-18;/h4-13,16,19,21H,3,14-15H2,1-2H3;1H. The zero-order chi connectivity index (χ0) is 16.5. The Labute approximate surface area is 150 Å². The van der Waals surface area contributed by atoms with Crippen molar-refractivity contribution in [2.24, 2.45) is 0 Å². The summed E-state index contributed by atoms with van der Waals surface area (Å²) in [4.78, 5) is 12.6. The zero-order valence-corrected chi connectivity index (χ0v) is 15.1. The molecule has 0 aliphatic heterocycles. The normalized spacial score (nSPS) is 11.6. The average Bonchev–Trinajstić information content (AvgIpc) is 2.60. The van der Waals surface area contributed by atoms with Gasteiger partial charge in [0.15, 0.2) is 0 Å². The molecule has 0 aliphatic rings. The number of hydrogen-bond donors (Lipinski definition) is 1. The van der Waals surface area contributed by atoms with Crippen molar-refractivity contribution in [2.45, 2.75) is 32.2 Å². The number of carbonyl (C=O) groups excluding carboxylic acids is 1. The Kier molecular flexibility index (Phi) is 9.13. The summed E-state index contributed by atoms with van der Waals surface area (Å²) in [6, 6.07) is 20.0. The molecule has 3 nitrogen and oxygen atoms in total. The molecule has 1 atom stereocenters. The maximum Gasteiger partial charge on any atom is 0.317 e. The van der Waals surface area contributed by atoms with Crippen molar-refractivity contribution in [3.63, 3.8) is 0 Å². The van der Waals surface area contributed by atoms with Crippen molar-refractivity contribution in [3.05, 3.63) is 71.8 Å². The lowest BCUT2D eigenvalue weighted by atomic mass is 9.91. The molecule has 0 amide bonds. The van der Waals surface area contributed by atoms with Crippen molar-refractivity contribution in [2.75, 3.05) is 13.2 Å². The van der Waals surface area contributed by atoms with Crippen LogP contribution in [0.15, 0.2) is 60.7 Å². The lowest BCUT2D eigenvalue weighted by Gasteiger charge is -2.18. The fourth-order valence-electron chi connectivity index (χ4n) is 2.44. The number of nitrogens with one attached hydrogen (secondary N) is 1. The van der Waals surface area contributed by atoms with Crippen LogP contribution in [0, 0.1) is 0 Å². The van der Waals surface area contributed by atoms with Crippen molar-refractivity contribution in [1.29, 1.82) is 0 Å². The van der Waals surface area contributed by atoms with E-state index < -0.39 is 0 Å². The van der Waals surface area contributed by atoms with Gasteiger partial charge in [0.25, 0.3) is 0 Å². The van der Waals surface area contributed by atoms with E-state index in [-0.39, 0.29) is 24.3 Å². The lowest BCUT2D eigenvalue weighted by molar-refractivity contribution is -0.144. The van der Waals surface area contributed by atoms with Gasteiger partial charge in [0.1, 0.15) is 12.5 Å². The topological polar surface area (TPSA) is 38.3 Å². The van der Waals surface area contributed by atoms with Gasteiger partial charge in [-0.2, -0.15) is 0 Å². The molecule has 1 N–H and O–H groups in total. The summed E-state index contributed by atoms with van der Waals surface area (Å²) >= 11 is 0. The third-order valence-corrected chi connectivity index (χ3v) is 3.95. The van der Waals surface area contributed by atoms with E-state index in [0.717, 1.165) is 17.5 Å². The Morgan fingerprint density at radius 2 is 1.50 bits per heavy atom. The average molecular weight is 348 g/mol. The molecular formula is C20H26ClNO2. The highest BCUT2D eigenvalue weighted by molar-refractivity contribution is 5.85. The zero-order valence-electron chi connectivity index (χ0n) is 14.3. The highest BCUT2D eigenvalue weighted by Gasteiger charge is 2.23. The third kappa shape index (κ3) is 5.99. The largest absolute Gasteiger partial charge is 0.464 e. The molecule has 2 rings (SSSR count). The Morgan fingerprint density at radius 3 is 1.96 bits per heavy atom. The second-order valence-electron chi connectivity index (χ2n) is 5.69. The van der Waals surface area contributed by atoms with E-state index in [4.69, 9.17) is 4.74 Å². The monoisotopic (exact) mass is 347 g/mol. The quantitative estimate of drug-likeness (QED) is 0.575. The minimum absolute atomic E-state index is 0. The van der Waals surface area contributed by atoms with Gasteiger partial charge in [0, 0.05) is 12.6 Å². The molecule has 0 saturated heterocycles. The predicted molar refractivity (Wildman–Crippen MR) is 101 cm³/mol. The molecule has 2 aromatic rings. The van der Waals surface area contributed by atoms with E-state index in [0.29, 0.717) is 19.2 Å². The Balaban J connectivity index is 0.00000288. The number of rotatable bonds is 8. The summed E-state index contributed by atoms with van der Waals surface area (Å²) in [5.41, 5.74) is 1.91. The molecule has 0 aliphatic carbocycles. The van der Waals surface area contributed by atoms with Crippen LogP contribution in [0.1, 0.15) is 37.3 Å². The van der Waals surface area contributed by atoms with Crippen LogP contribution in [0.4, 0.5) is 0 Å². The summed E-state index contributed by atoms with van der Waals surface area (Å²) in [6.07, 6.45) is 1.06. The second kappa shape index (κ2) is 10.8. The number of halogens is 1. The first kappa shape index (κ1) is 20.2. The minimum Gasteiger partial charge on any atom is -0.464 e. The second-order valence-corrected chi connectivity index (χ2v) is 5.69. The first-order valence-corrected chi connectivity index (χ1v) is 8.22. The predicted octanol–water partition coefficient (Wildman–Crippen LogP) is 4.17. The molecule has 0 heterocycles. The fraction of sp³-hybridized carbons (Fsp3) is 0.350. The highest BCUT2D eigenvalue weighted by Crippen LogP contribution is 2.25. The molecule has 0 spiro atoms. The number of hydrogen-bond acceptors (Lipinski definition) is 3. The Hall–Kier alpha value is -1.84. The molecular weight excluding hydrogens is 322 g/mol. The lowest BCUT2D eigenvalue weighted by Crippen LogP contribution is -2.30. The third-order valence-electron chi connectivity index (χ3n) is 3.95. The molecule has 4 heteroatoms. The van der Waals surface area contributed by atoms with E-state index >= 15 is 0 Å². The van der Waals surface area contributed by atoms with Gasteiger partial charge in [-0.25, -0.2) is 0 Å². The van der Waals surface area contributed by atoms with Crippen LogP contribution in [0.5, 0.6) is 0 Å². The van der Waals surface area contributed by atoms with E-state index in [1.807, 2.05) is 60.7 Å². The van der Waals surface area contributed by atoms with Crippen LogP contribution in [0.3, 0.4) is 0 Å². The summed E-state index contributed by atoms with van der Waals surface area (Å²) < 4.78 is 5.51. The van der Waals surface area contributed by atoms with E-state index in [9.17, 15) is 4.79 Å². The van der Waals surface area contributed by atoms with E-state index in [2.05, 4.69) is 19.2 Å². The minimum atomic E-state index is -0.374. The van der Waals surface area contributed by atoms with Gasteiger partial charge in [-0.3, -0.25) is 4.79 Å². The molecule has 1 unspecified atom stereocenters. The molecule has 0 fully saturated rings. The van der Waals surface area contributed by atoms with Crippen molar-refractivity contribution in [3.8, 4) is 0 Å². The molecule has 0 saturated carbocycles.